The lowest BCUT2D eigenvalue weighted by atomic mass is 10.2. The van der Waals surface area contributed by atoms with E-state index in [0.29, 0.717) is 9.90 Å². The van der Waals surface area contributed by atoms with Crippen LogP contribution in [0.2, 0.25) is 4.34 Å². The highest BCUT2D eigenvalue weighted by Gasteiger charge is 2.26. The average Bonchev–Trinajstić information content (AvgIpc) is 2.59. The molecule has 0 radical (unpaired) electrons. The lowest BCUT2D eigenvalue weighted by molar-refractivity contribution is -0.138. The van der Waals surface area contributed by atoms with E-state index in [4.69, 9.17) is 16.7 Å². The van der Waals surface area contributed by atoms with Gasteiger partial charge in [-0.3, -0.25) is 4.79 Å². The Morgan fingerprint density at radius 2 is 2.33 bits per heavy atom. The van der Waals surface area contributed by atoms with Gasteiger partial charge >= 0.3 is 5.97 Å². The minimum absolute atomic E-state index is 0.000289. The number of halogens is 1. The third-order valence-corrected chi connectivity index (χ3v) is 5.60. The Balaban J connectivity index is 3.00. The largest absolute Gasteiger partial charge is 0.480 e. The zero-order valence-corrected chi connectivity index (χ0v) is 11.9. The van der Waals surface area contributed by atoms with Crippen molar-refractivity contribution >= 4 is 38.9 Å². The Kier molecular flexibility index (Phi) is 4.92. The highest BCUT2D eigenvalue weighted by molar-refractivity contribution is 7.91. The van der Waals surface area contributed by atoms with Crippen LogP contribution < -0.4 is 4.72 Å². The third kappa shape index (κ3) is 3.55. The van der Waals surface area contributed by atoms with Crippen LogP contribution in [-0.2, 0) is 14.8 Å². The van der Waals surface area contributed by atoms with Crippen molar-refractivity contribution < 1.29 is 18.3 Å². The molecule has 0 fully saturated rings. The Hall–Kier alpha value is -0.890. The minimum atomic E-state index is -3.87. The molecule has 1 atom stereocenters. The van der Waals surface area contributed by atoms with Crippen LogP contribution in [0.4, 0.5) is 0 Å². The molecule has 2 N–H and O–H groups in total. The van der Waals surface area contributed by atoms with Gasteiger partial charge in [-0.05, 0) is 25.0 Å². The Morgan fingerprint density at radius 1 is 1.72 bits per heavy atom. The number of thiophene rings is 1. The zero-order valence-electron chi connectivity index (χ0n) is 9.51. The SMILES string of the molecule is C=CCC(NS(=O)(=O)c1cc(C)c(Cl)s1)C(=O)O. The minimum Gasteiger partial charge on any atom is -0.480 e. The van der Waals surface area contributed by atoms with Crippen molar-refractivity contribution in [3.63, 3.8) is 0 Å². The van der Waals surface area contributed by atoms with Crippen molar-refractivity contribution in [2.24, 2.45) is 0 Å². The number of aliphatic carboxylic acids is 1. The molecule has 0 amide bonds. The Morgan fingerprint density at radius 3 is 2.72 bits per heavy atom. The molecule has 0 saturated carbocycles. The fourth-order valence-corrected chi connectivity index (χ4v) is 4.10. The van der Waals surface area contributed by atoms with Crippen LogP contribution in [0.1, 0.15) is 12.0 Å². The first-order chi connectivity index (χ1) is 8.27. The molecule has 100 valence electrons. The second-order valence-electron chi connectivity index (χ2n) is 3.56. The van der Waals surface area contributed by atoms with Gasteiger partial charge in [-0.1, -0.05) is 17.7 Å². The summed E-state index contributed by atoms with van der Waals surface area (Å²) in [5, 5.41) is 8.88. The van der Waals surface area contributed by atoms with Crippen molar-refractivity contribution in [1.82, 2.24) is 4.72 Å². The Bertz CT molecular complexity index is 545. The smallest absolute Gasteiger partial charge is 0.322 e. The van der Waals surface area contributed by atoms with Crippen LogP contribution in [0.5, 0.6) is 0 Å². The van der Waals surface area contributed by atoms with Gasteiger partial charge in [0.05, 0.1) is 4.34 Å². The summed E-state index contributed by atoms with van der Waals surface area (Å²) in [5.74, 6) is -1.25. The molecule has 18 heavy (non-hydrogen) atoms. The first kappa shape index (κ1) is 15.2. The summed E-state index contributed by atoms with van der Waals surface area (Å²) in [4.78, 5) is 10.9. The maximum absolute atomic E-state index is 11.9. The predicted molar refractivity (Wildman–Crippen MR) is 70.6 cm³/mol. The quantitative estimate of drug-likeness (QED) is 0.787. The van der Waals surface area contributed by atoms with Gasteiger partial charge in [0.2, 0.25) is 0 Å². The highest BCUT2D eigenvalue weighted by atomic mass is 35.5. The van der Waals surface area contributed by atoms with Crippen LogP contribution in [0.15, 0.2) is 22.9 Å². The van der Waals surface area contributed by atoms with Crippen LogP contribution in [-0.4, -0.2) is 25.5 Å². The average molecular weight is 310 g/mol. The van der Waals surface area contributed by atoms with E-state index in [0.717, 1.165) is 11.3 Å². The van der Waals surface area contributed by atoms with E-state index in [2.05, 4.69) is 11.3 Å². The first-order valence-corrected chi connectivity index (χ1v) is 7.57. The summed E-state index contributed by atoms with van der Waals surface area (Å²) in [6, 6.07) is 0.177. The van der Waals surface area contributed by atoms with E-state index in [9.17, 15) is 13.2 Å². The van der Waals surface area contributed by atoms with Gasteiger partial charge < -0.3 is 5.11 Å². The van der Waals surface area contributed by atoms with Crippen molar-refractivity contribution in [3.8, 4) is 0 Å². The number of rotatable bonds is 6. The number of carbonyl (C=O) groups is 1. The number of sulfonamides is 1. The molecule has 8 heteroatoms. The summed E-state index contributed by atoms with van der Waals surface area (Å²) in [6.07, 6.45) is 1.35. The van der Waals surface area contributed by atoms with E-state index >= 15 is 0 Å². The zero-order chi connectivity index (χ0) is 13.9. The lowest BCUT2D eigenvalue weighted by Crippen LogP contribution is -2.40. The molecule has 1 aromatic rings. The van der Waals surface area contributed by atoms with Crippen LogP contribution in [0.25, 0.3) is 0 Å². The lowest BCUT2D eigenvalue weighted by Gasteiger charge is -2.11. The number of aryl methyl sites for hydroxylation is 1. The predicted octanol–water partition coefficient (Wildman–Crippen LogP) is 2.02. The van der Waals surface area contributed by atoms with Crippen molar-refractivity contribution in [1.29, 1.82) is 0 Å². The monoisotopic (exact) mass is 309 g/mol. The van der Waals surface area contributed by atoms with E-state index < -0.39 is 22.0 Å². The second kappa shape index (κ2) is 5.83. The van der Waals surface area contributed by atoms with Crippen molar-refractivity contribution in [2.75, 3.05) is 0 Å². The van der Waals surface area contributed by atoms with E-state index in [1.165, 1.54) is 12.1 Å². The summed E-state index contributed by atoms with van der Waals surface area (Å²) in [6.45, 7) is 5.06. The second-order valence-corrected chi connectivity index (χ2v) is 7.15. The van der Waals surface area contributed by atoms with Gasteiger partial charge in [0.15, 0.2) is 0 Å². The summed E-state index contributed by atoms with van der Waals surface area (Å²) < 4.78 is 26.3. The van der Waals surface area contributed by atoms with Gasteiger partial charge in [0, 0.05) is 0 Å². The van der Waals surface area contributed by atoms with Crippen molar-refractivity contribution in [2.45, 2.75) is 23.6 Å². The summed E-state index contributed by atoms with van der Waals surface area (Å²) >= 11 is 6.68. The van der Waals surface area contributed by atoms with Crippen LogP contribution in [0.3, 0.4) is 0 Å². The third-order valence-electron chi connectivity index (χ3n) is 2.10. The Labute approximate surface area is 114 Å². The molecule has 0 aliphatic rings. The van der Waals surface area contributed by atoms with Crippen LogP contribution >= 0.6 is 22.9 Å². The van der Waals surface area contributed by atoms with Gasteiger partial charge in [0.25, 0.3) is 10.0 Å². The first-order valence-electron chi connectivity index (χ1n) is 4.90. The molecular weight excluding hydrogens is 298 g/mol. The van der Waals surface area contributed by atoms with Gasteiger partial charge in [-0.15, -0.1) is 17.9 Å². The van der Waals surface area contributed by atoms with Crippen LogP contribution in [0, 0.1) is 6.92 Å². The number of carboxylic acids is 1. The fourth-order valence-electron chi connectivity index (χ4n) is 1.18. The molecule has 5 nitrogen and oxygen atoms in total. The topological polar surface area (TPSA) is 83.5 Å². The standard InChI is InChI=1S/C10H12ClNO4S2/c1-3-4-7(10(13)14)12-18(15,16)8-5-6(2)9(11)17-8/h3,5,7,12H,1,4H2,2H3,(H,13,14). The molecule has 1 unspecified atom stereocenters. The van der Waals surface area contributed by atoms with Gasteiger partial charge in [0.1, 0.15) is 10.3 Å². The van der Waals surface area contributed by atoms with E-state index in [1.807, 2.05) is 0 Å². The van der Waals surface area contributed by atoms with Gasteiger partial charge in [-0.2, -0.15) is 4.72 Å². The molecule has 0 saturated heterocycles. The number of hydrogen-bond donors (Lipinski definition) is 2. The molecule has 1 aromatic heterocycles. The normalized spacial score (nSPS) is 13.2. The molecule has 0 aromatic carbocycles. The molecule has 1 rings (SSSR count). The maximum Gasteiger partial charge on any atom is 0.322 e. The fraction of sp³-hybridized carbons (Fsp3) is 0.300. The molecule has 0 aliphatic carbocycles. The number of hydrogen-bond acceptors (Lipinski definition) is 4. The van der Waals surface area contributed by atoms with Gasteiger partial charge in [-0.25, -0.2) is 8.42 Å². The summed E-state index contributed by atoms with van der Waals surface area (Å²) in [5.41, 5.74) is 0.637. The molecular formula is C10H12ClNO4S2. The molecule has 1 heterocycles. The number of carboxylic acid groups (broad SMARTS) is 1. The van der Waals surface area contributed by atoms with Crippen molar-refractivity contribution in [3.05, 3.63) is 28.6 Å². The summed E-state index contributed by atoms with van der Waals surface area (Å²) in [7, 11) is -3.87. The highest BCUT2D eigenvalue weighted by Crippen LogP contribution is 2.30. The maximum atomic E-state index is 11.9. The number of nitrogens with one attached hydrogen (secondary N) is 1. The van der Waals surface area contributed by atoms with E-state index in [-0.39, 0.29) is 10.6 Å². The molecule has 0 spiro atoms. The molecule has 0 aliphatic heterocycles. The van der Waals surface area contributed by atoms with E-state index in [1.54, 1.807) is 6.92 Å². The molecule has 0 bridgehead atoms.